The first-order valence-corrected chi connectivity index (χ1v) is 5.79. The van der Waals surface area contributed by atoms with Crippen LogP contribution in [0.4, 0.5) is 0 Å². The van der Waals surface area contributed by atoms with Gasteiger partial charge in [-0.2, -0.15) is 0 Å². The molecule has 2 nitrogen and oxygen atoms in total. The zero-order valence-corrected chi connectivity index (χ0v) is 10.3. The third kappa shape index (κ3) is 4.39. The smallest absolute Gasteiger partial charge is 0.0637 e. The van der Waals surface area contributed by atoms with Crippen LogP contribution in [0.2, 0.25) is 10.0 Å². The lowest BCUT2D eigenvalue weighted by molar-refractivity contribution is 0.625. The fourth-order valence-electron chi connectivity index (χ4n) is 1.30. The van der Waals surface area contributed by atoms with Crippen molar-refractivity contribution >= 4 is 23.2 Å². The highest BCUT2D eigenvalue weighted by molar-refractivity contribution is 6.42. The minimum Gasteiger partial charge on any atom is -0.320 e. The summed E-state index contributed by atoms with van der Waals surface area (Å²) in [5.74, 6) is 0. The summed E-state index contributed by atoms with van der Waals surface area (Å²) in [6.45, 7) is 2.77. The minimum atomic E-state index is 0.617. The van der Waals surface area contributed by atoms with Crippen LogP contribution in [0.15, 0.2) is 18.2 Å². The molecule has 0 heterocycles. The molecule has 0 fully saturated rings. The summed E-state index contributed by atoms with van der Waals surface area (Å²) in [6, 6.07) is 5.70. The molecule has 84 valence electrons. The minimum absolute atomic E-state index is 0.617. The molecule has 1 aromatic carbocycles. The van der Waals surface area contributed by atoms with Crippen molar-refractivity contribution in [3.05, 3.63) is 33.8 Å². The summed E-state index contributed by atoms with van der Waals surface area (Å²) in [6.07, 6.45) is 1.11. The molecule has 1 aromatic rings. The maximum Gasteiger partial charge on any atom is 0.0637 e. The predicted octanol–water partition coefficient (Wildman–Crippen LogP) is 2.69. The molecule has 15 heavy (non-hydrogen) atoms. The molecule has 2 N–H and O–H groups in total. The average molecular weight is 247 g/mol. The standard InChI is InChI=1S/C11H16Cl2N2/c1-14-6-3-7-15-8-9-4-2-5-10(12)11(9)13/h2,4-5,14-15H,3,6-8H2,1H3. The summed E-state index contributed by atoms with van der Waals surface area (Å²) < 4.78 is 0. The van der Waals surface area contributed by atoms with Crippen molar-refractivity contribution in [3.63, 3.8) is 0 Å². The van der Waals surface area contributed by atoms with Crippen LogP contribution in [0.5, 0.6) is 0 Å². The van der Waals surface area contributed by atoms with E-state index in [1.807, 2.05) is 19.2 Å². The van der Waals surface area contributed by atoms with Gasteiger partial charge in [-0.1, -0.05) is 35.3 Å². The molecule has 0 spiro atoms. The van der Waals surface area contributed by atoms with E-state index in [-0.39, 0.29) is 0 Å². The van der Waals surface area contributed by atoms with Crippen LogP contribution in [-0.2, 0) is 6.54 Å². The van der Waals surface area contributed by atoms with Gasteiger partial charge in [0.1, 0.15) is 0 Å². The van der Waals surface area contributed by atoms with Gasteiger partial charge in [-0.3, -0.25) is 0 Å². The van der Waals surface area contributed by atoms with E-state index in [9.17, 15) is 0 Å². The zero-order chi connectivity index (χ0) is 11.1. The molecule has 0 aliphatic carbocycles. The van der Waals surface area contributed by atoms with E-state index in [2.05, 4.69) is 10.6 Å². The van der Waals surface area contributed by atoms with Gasteiger partial charge >= 0.3 is 0 Å². The molecule has 0 atom stereocenters. The van der Waals surface area contributed by atoms with Crippen LogP contribution in [-0.4, -0.2) is 20.1 Å². The van der Waals surface area contributed by atoms with E-state index in [0.717, 1.165) is 31.6 Å². The van der Waals surface area contributed by atoms with Gasteiger partial charge in [0.05, 0.1) is 10.0 Å². The molecular weight excluding hydrogens is 231 g/mol. The Bertz CT molecular complexity index is 303. The summed E-state index contributed by atoms with van der Waals surface area (Å²) in [5.41, 5.74) is 1.05. The van der Waals surface area contributed by atoms with Crippen molar-refractivity contribution in [1.29, 1.82) is 0 Å². The van der Waals surface area contributed by atoms with E-state index in [1.165, 1.54) is 0 Å². The van der Waals surface area contributed by atoms with Crippen LogP contribution >= 0.6 is 23.2 Å². The Kier molecular flexibility index (Phi) is 6.03. The summed E-state index contributed by atoms with van der Waals surface area (Å²) in [4.78, 5) is 0. The number of hydrogen-bond acceptors (Lipinski definition) is 2. The largest absolute Gasteiger partial charge is 0.320 e. The van der Waals surface area contributed by atoms with E-state index in [0.29, 0.717) is 10.0 Å². The van der Waals surface area contributed by atoms with Crippen LogP contribution in [0.3, 0.4) is 0 Å². The Hall–Kier alpha value is -0.280. The first-order chi connectivity index (χ1) is 7.25. The lowest BCUT2D eigenvalue weighted by atomic mass is 10.2. The van der Waals surface area contributed by atoms with E-state index in [4.69, 9.17) is 23.2 Å². The number of nitrogens with one attached hydrogen (secondary N) is 2. The van der Waals surface area contributed by atoms with Gasteiger partial charge in [-0.05, 0) is 38.2 Å². The summed E-state index contributed by atoms with van der Waals surface area (Å²) >= 11 is 12.0. The second-order valence-electron chi connectivity index (χ2n) is 3.35. The Morgan fingerprint density at radius 1 is 1.20 bits per heavy atom. The van der Waals surface area contributed by atoms with Crippen LogP contribution in [0.1, 0.15) is 12.0 Å². The van der Waals surface area contributed by atoms with Crippen molar-refractivity contribution in [2.24, 2.45) is 0 Å². The molecule has 0 saturated carbocycles. The number of rotatable bonds is 6. The molecule has 0 bridgehead atoms. The SMILES string of the molecule is CNCCCNCc1cccc(Cl)c1Cl. The Morgan fingerprint density at radius 3 is 2.73 bits per heavy atom. The normalized spacial score (nSPS) is 10.6. The van der Waals surface area contributed by atoms with Gasteiger partial charge in [0.2, 0.25) is 0 Å². The summed E-state index contributed by atoms with van der Waals surface area (Å²) in [7, 11) is 1.95. The fraction of sp³-hybridized carbons (Fsp3) is 0.455. The number of hydrogen-bond donors (Lipinski definition) is 2. The molecule has 0 aromatic heterocycles. The maximum atomic E-state index is 6.05. The highest BCUT2D eigenvalue weighted by Gasteiger charge is 2.02. The predicted molar refractivity (Wildman–Crippen MR) is 66.7 cm³/mol. The van der Waals surface area contributed by atoms with Crippen LogP contribution in [0, 0.1) is 0 Å². The molecule has 4 heteroatoms. The van der Waals surface area contributed by atoms with E-state index in [1.54, 1.807) is 6.07 Å². The van der Waals surface area contributed by atoms with Gasteiger partial charge in [0, 0.05) is 6.54 Å². The molecule has 0 radical (unpaired) electrons. The van der Waals surface area contributed by atoms with Gasteiger partial charge < -0.3 is 10.6 Å². The Balaban J connectivity index is 2.34. The van der Waals surface area contributed by atoms with Crippen LogP contribution in [0.25, 0.3) is 0 Å². The lowest BCUT2D eigenvalue weighted by Gasteiger charge is -2.07. The second-order valence-corrected chi connectivity index (χ2v) is 4.13. The molecule has 1 rings (SSSR count). The van der Waals surface area contributed by atoms with E-state index >= 15 is 0 Å². The number of halogens is 2. The third-order valence-corrected chi connectivity index (χ3v) is 2.99. The van der Waals surface area contributed by atoms with Crippen molar-refractivity contribution < 1.29 is 0 Å². The second kappa shape index (κ2) is 7.07. The van der Waals surface area contributed by atoms with Crippen molar-refractivity contribution in [3.8, 4) is 0 Å². The quantitative estimate of drug-likeness (QED) is 0.755. The fourth-order valence-corrected chi connectivity index (χ4v) is 1.69. The average Bonchev–Trinajstić information content (AvgIpc) is 2.24. The lowest BCUT2D eigenvalue weighted by Crippen LogP contribution is -2.19. The van der Waals surface area contributed by atoms with Crippen molar-refractivity contribution in [2.75, 3.05) is 20.1 Å². The van der Waals surface area contributed by atoms with Gasteiger partial charge in [-0.15, -0.1) is 0 Å². The third-order valence-electron chi connectivity index (χ3n) is 2.13. The van der Waals surface area contributed by atoms with Crippen LogP contribution < -0.4 is 10.6 Å². The molecule has 0 aliphatic heterocycles. The Labute approximate surface area is 101 Å². The number of benzene rings is 1. The van der Waals surface area contributed by atoms with E-state index < -0.39 is 0 Å². The monoisotopic (exact) mass is 246 g/mol. The van der Waals surface area contributed by atoms with Gasteiger partial charge in [0.25, 0.3) is 0 Å². The zero-order valence-electron chi connectivity index (χ0n) is 8.82. The van der Waals surface area contributed by atoms with Gasteiger partial charge in [0.15, 0.2) is 0 Å². The van der Waals surface area contributed by atoms with Crippen molar-refractivity contribution in [2.45, 2.75) is 13.0 Å². The molecule has 0 unspecified atom stereocenters. The Morgan fingerprint density at radius 2 is 2.00 bits per heavy atom. The maximum absolute atomic E-state index is 6.05. The topological polar surface area (TPSA) is 24.1 Å². The highest BCUT2D eigenvalue weighted by atomic mass is 35.5. The van der Waals surface area contributed by atoms with Crippen molar-refractivity contribution in [1.82, 2.24) is 10.6 Å². The highest BCUT2D eigenvalue weighted by Crippen LogP contribution is 2.25. The molecule has 0 saturated heterocycles. The summed E-state index contributed by atoms with van der Waals surface area (Å²) in [5, 5.41) is 7.69. The first kappa shape index (κ1) is 12.8. The molecule has 0 amide bonds. The first-order valence-electron chi connectivity index (χ1n) is 5.04. The van der Waals surface area contributed by atoms with Gasteiger partial charge in [-0.25, -0.2) is 0 Å². The molecule has 0 aliphatic rings. The molecular formula is C11H16Cl2N2.